The third kappa shape index (κ3) is 3.14. The normalized spacial score (nSPS) is 53.7. The average molecular weight is 447 g/mol. The second-order valence-corrected chi connectivity index (χ2v) is 13.8. The van der Waals surface area contributed by atoms with E-state index in [0.29, 0.717) is 41.8 Å². The van der Waals surface area contributed by atoms with E-state index in [2.05, 4.69) is 41.5 Å². The predicted octanol–water partition coefficient (Wildman–Crippen LogP) is 5.14. The van der Waals surface area contributed by atoms with Gasteiger partial charge in [-0.25, -0.2) is 0 Å². The summed E-state index contributed by atoms with van der Waals surface area (Å²) in [6, 6.07) is 0. The fourth-order valence-corrected chi connectivity index (χ4v) is 9.99. The van der Waals surface area contributed by atoms with Gasteiger partial charge in [0.2, 0.25) is 0 Å². The van der Waals surface area contributed by atoms with Gasteiger partial charge >= 0.3 is 0 Å². The quantitative estimate of drug-likeness (QED) is 0.587. The standard InChI is InChI=1S/C28H46O4/c1-16(13-22(31)24-25(2,3)32-24)19-9-12-27(5)20(19)15-21(30)23-26(4)10-8-18(29)14-17(26)7-11-28(23,27)6/h16-17,19-24,30-31H,7-15H2,1-6H3/t16-,17+,19-,20-,21+,22+,23+,24-,26+,27+,28+/m1/s1. The van der Waals surface area contributed by atoms with E-state index in [1.54, 1.807) is 0 Å². The van der Waals surface area contributed by atoms with Crippen molar-refractivity contribution in [3.8, 4) is 0 Å². The number of epoxide rings is 1. The Hall–Kier alpha value is -0.450. The van der Waals surface area contributed by atoms with Gasteiger partial charge in [0.15, 0.2) is 0 Å². The number of hydrogen-bond donors (Lipinski definition) is 2. The van der Waals surface area contributed by atoms with E-state index in [1.807, 2.05) is 0 Å². The summed E-state index contributed by atoms with van der Waals surface area (Å²) in [5, 5.41) is 22.5. The molecule has 0 spiro atoms. The molecule has 0 bridgehead atoms. The number of carbonyl (C=O) groups is 1. The first-order chi connectivity index (χ1) is 14.8. The van der Waals surface area contributed by atoms with Gasteiger partial charge in [-0.2, -0.15) is 0 Å². The molecule has 0 radical (unpaired) electrons. The lowest BCUT2D eigenvalue weighted by Gasteiger charge is -2.68. The molecule has 0 amide bonds. The number of carbonyl (C=O) groups excluding carboxylic acids is 1. The zero-order valence-corrected chi connectivity index (χ0v) is 21.2. The second-order valence-electron chi connectivity index (χ2n) is 13.8. The minimum atomic E-state index is -0.391. The number of aliphatic hydroxyl groups is 2. The molecule has 4 heteroatoms. The van der Waals surface area contributed by atoms with Crippen LogP contribution in [0.25, 0.3) is 0 Å². The molecular weight excluding hydrogens is 400 g/mol. The van der Waals surface area contributed by atoms with Crippen LogP contribution in [0.5, 0.6) is 0 Å². The summed E-state index contributed by atoms with van der Waals surface area (Å²) in [7, 11) is 0. The van der Waals surface area contributed by atoms with E-state index in [1.165, 1.54) is 12.8 Å². The number of aliphatic hydroxyl groups excluding tert-OH is 2. The van der Waals surface area contributed by atoms with Gasteiger partial charge in [0.1, 0.15) is 11.9 Å². The number of Topliss-reactive ketones (excluding diaryl/α,β-unsaturated/α-hetero) is 1. The van der Waals surface area contributed by atoms with Gasteiger partial charge in [0.25, 0.3) is 0 Å². The molecule has 1 heterocycles. The van der Waals surface area contributed by atoms with Crippen LogP contribution < -0.4 is 0 Å². The van der Waals surface area contributed by atoms with Crippen LogP contribution in [0.3, 0.4) is 0 Å². The molecule has 0 aromatic rings. The van der Waals surface area contributed by atoms with E-state index in [4.69, 9.17) is 4.74 Å². The van der Waals surface area contributed by atoms with E-state index < -0.39 is 6.10 Å². The van der Waals surface area contributed by atoms with Crippen molar-refractivity contribution in [3.63, 3.8) is 0 Å². The van der Waals surface area contributed by atoms with Gasteiger partial charge in [-0.05, 0) is 105 Å². The van der Waals surface area contributed by atoms with E-state index in [-0.39, 0.29) is 34.1 Å². The average Bonchev–Trinajstić information content (AvgIpc) is 3.20. The van der Waals surface area contributed by atoms with Gasteiger partial charge in [0.05, 0.1) is 17.8 Å². The molecule has 1 saturated heterocycles. The van der Waals surface area contributed by atoms with Crippen LogP contribution in [-0.2, 0) is 9.53 Å². The maximum Gasteiger partial charge on any atom is 0.133 e. The molecule has 4 saturated carbocycles. The highest BCUT2D eigenvalue weighted by Crippen LogP contribution is 2.74. The summed E-state index contributed by atoms with van der Waals surface area (Å²) in [5.74, 6) is 2.68. The highest BCUT2D eigenvalue weighted by Gasteiger charge is 2.69. The Bertz CT molecular complexity index is 777. The van der Waals surface area contributed by atoms with Gasteiger partial charge in [0, 0.05) is 12.8 Å². The molecule has 5 fully saturated rings. The second kappa shape index (κ2) is 7.28. The molecule has 1 aliphatic heterocycles. The number of ether oxygens (including phenoxy) is 1. The summed E-state index contributed by atoms with van der Waals surface area (Å²) in [6.45, 7) is 13.9. The van der Waals surface area contributed by atoms with Crippen molar-refractivity contribution in [2.75, 3.05) is 0 Å². The predicted molar refractivity (Wildman–Crippen MR) is 125 cm³/mol. The Morgan fingerprint density at radius 3 is 2.38 bits per heavy atom. The maximum atomic E-state index is 12.2. The summed E-state index contributed by atoms with van der Waals surface area (Å²) in [6.07, 6.45) is 8.09. The Morgan fingerprint density at radius 1 is 1.06 bits per heavy atom. The zero-order chi connectivity index (χ0) is 23.3. The van der Waals surface area contributed by atoms with Crippen LogP contribution in [0.15, 0.2) is 0 Å². The third-order valence-corrected chi connectivity index (χ3v) is 12.0. The Morgan fingerprint density at radius 2 is 1.72 bits per heavy atom. The summed E-state index contributed by atoms with van der Waals surface area (Å²) >= 11 is 0. The highest BCUT2D eigenvalue weighted by atomic mass is 16.6. The lowest BCUT2D eigenvalue weighted by molar-refractivity contribution is -0.224. The summed E-state index contributed by atoms with van der Waals surface area (Å²) in [5.41, 5.74) is 0.255. The maximum absolute atomic E-state index is 12.2. The topological polar surface area (TPSA) is 70.1 Å². The van der Waals surface area contributed by atoms with Crippen molar-refractivity contribution in [2.24, 2.45) is 45.8 Å². The molecule has 0 aromatic heterocycles. The molecule has 11 atom stereocenters. The third-order valence-electron chi connectivity index (χ3n) is 12.0. The van der Waals surface area contributed by atoms with Crippen molar-refractivity contribution in [2.45, 2.75) is 123 Å². The van der Waals surface area contributed by atoms with Crippen LogP contribution in [-0.4, -0.2) is 39.9 Å². The fraction of sp³-hybridized carbons (Fsp3) is 0.964. The fourth-order valence-electron chi connectivity index (χ4n) is 9.99. The first-order valence-electron chi connectivity index (χ1n) is 13.4. The van der Waals surface area contributed by atoms with Crippen LogP contribution in [0.2, 0.25) is 0 Å². The minimum absolute atomic E-state index is 0.0270. The summed E-state index contributed by atoms with van der Waals surface area (Å²) in [4.78, 5) is 12.2. The Labute approximate surface area is 194 Å². The van der Waals surface area contributed by atoms with Crippen molar-refractivity contribution >= 4 is 5.78 Å². The van der Waals surface area contributed by atoms with Crippen LogP contribution >= 0.6 is 0 Å². The lowest BCUT2D eigenvalue weighted by atomic mass is 9.37. The van der Waals surface area contributed by atoms with Gasteiger partial charge in [-0.1, -0.05) is 27.7 Å². The molecule has 182 valence electrons. The largest absolute Gasteiger partial charge is 0.393 e. The smallest absolute Gasteiger partial charge is 0.133 e. The number of rotatable bonds is 4. The van der Waals surface area contributed by atoms with E-state index in [0.717, 1.165) is 38.5 Å². The van der Waals surface area contributed by atoms with Gasteiger partial charge in [-0.3, -0.25) is 4.79 Å². The molecular formula is C28H46O4. The molecule has 5 aliphatic rings. The Kier molecular flexibility index (Phi) is 5.30. The number of ketones is 1. The SMILES string of the molecule is C[C@H](C[C@H](O)[C@H]1OC1(C)C)[C@H]1CC[C@@]2(C)[C@@H]1C[C@H](O)[C@H]1[C@@]3(C)CCC(=O)C[C@@H]3CC[C@@]12C. The number of fused-ring (bicyclic) bond motifs is 5. The van der Waals surface area contributed by atoms with Crippen molar-refractivity contribution in [1.82, 2.24) is 0 Å². The van der Waals surface area contributed by atoms with Gasteiger partial charge in [-0.15, -0.1) is 0 Å². The zero-order valence-electron chi connectivity index (χ0n) is 21.2. The molecule has 4 aliphatic carbocycles. The molecule has 2 N–H and O–H groups in total. The molecule has 0 aromatic carbocycles. The molecule has 4 nitrogen and oxygen atoms in total. The molecule has 5 rings (SSSR count). The lowest BCUT2D eigenvalue weighted by Crippen LogP contribution is -2.64. The Balaban J connectivity index is 1.38. The monoisotopic (exact) mass is 446 g/mol. The van der Waals surface area contributed by atoms with Crippen LogP contribution in [0, 0.1) is 45.8 Å². The summed E-state index contributed by atoms with van der Waals surface area (Å²) < 4.78 is 5.71. The van der Waals surface area contributed by atoms with E-state index in [9.17, 15) is 15.0 Å². The highest BCUT2D eigenvalue weighted by molar-refractivity contribution is 5.79. The van der Waals surface area contributed by atoms with Crippen molar-refractivity contribution in [3.05, 3.63) is 0 Å². The van der Waals surface area contributed by atoms with Crippen molar-refractivity contribution in [1.29, 1.82) is 0 Å². The van der Waals surface area contributed by atoms with E-state index >= 15 is 0 Å². The first kappa shape index (κ1) is 23.3. The first-order valence-corrected chi connectivity index (χ1v) is 13.4. The van der Waals surface area contributed by atoms with Crippen LogP contribution in [0.1, 0.15) is 99.3 Å². The molecule has 0 unspecified atom stereocenters. The number of hydrogen-bond acceptors (Lipinski definition) is 4. The van der Waals surface area contributed by atoms with Crippen molar-refractivity contribution < 1.29 is 19.7 Å². The van der Waals surface area contributed by atoms with Gasteiger partial charge < -0.3 is 14.9 Å². The molecule has 32 heavy (non-hydrogen) atoms. The minimum Gasteiger partial charge on any atom is -0.393 e. The van der Waals surface area contributed by atoms with Crippen LogP contribution in [0.4, 0.5) is 0 Å².